The van der Waals surface area contributed by atoms with E-state index in [2.05, 4.69) is 58.3 Å². The van der Waals surface area contributed by atoms with E-state index < -0.39 is 6.04 Å². The lowest BCUT2D eigenvalue weighted by Crippen LogP contribution is -2.62. The van der Waals surface area contributed by atoms with Gasteiger partial charge in [-0.3, -0.25) is 14.7 Å². The normalized spacial score (nSPS) is 18.0. The summed E-state index contributed by atoms with van der Waals surface area (Å²) in [5, 5.41) is 3.18. The Hall–Kier alpha value is -3.57. The molecule has 0 saturated carbocycles. The summed E-state index contributed by atoms with van der Waals surface area (Å²) in [5.74, 6) is 3.02. The Balaban J connectivity index is 1.45. The summed E-state index contributed by atoms with van der Waals surface area (Å²) in [5.41, 5.74) is 20.7. The Labute approximate surface area is 255 Å². The first-order chi connectivity index (χ1) is 20.2. The fraction of sp³-hybridized carbons (Fsp3) is 0.412. The van der Waals surface area contributed by atoms with E-state index in [9.17, 15) is 4.79 Å². The van der Waals surface area contributed by atoms with Crippen LogP contribution in [0, 0.1) is 19.3 Å². The van der Waals surface area contributed by atoms with Crippen LogP contribution in [-0.4, -0.2) is 66.0 Å². The summed E-state index contributed by atoms with van der Waals surface area (Å²) in [6.07, 6.45) is 11.1. The zero-order chi connectivity index (χ0) is 30.1. The van der Waals surface area contributed by atoms with E-state index in [-0.39, 0.29) is 24.0 Å². The highest BCUT2D eigenvalue weighted by Crippen LogP contribution is 2.24. The number of halogens is 1. The van der Waals surface area contributed by atoms with Crippen molar-refractivity contribution in [3.63, 3.8) is 0 Å². The predicted molar refractivity (Wildman–Crippen MR) is 174 cm³/mol. The van der Waals surface area contributed by atoms with Crippen molar-refractivity contribution in [1.82, 2.24) is 9.80 Å². The summed E-state index contributed by atoms with van der Waals surface area (Å²) in [6.45, 7) is 4.58. The summed E-state index contributed by atoms with van der Waals surface area (Å²) < 4.78 is 0. The van der Waals surface area contributed by atoms with E-state index in [0.717, 1.165) is 56.3 Å². The van der Waals surface area contributed by atoms with Crippen molar-refractivity contribution in [3.05, 3.63) is 82.4 Å². The molecule has 0 aromatic heterocycles. The molecule has 0 spiro atoms. The van der Waals surface area contributed by atoms with Gasteiger partial charge in [-0.05, 0) is 66.1 Å². The molecule has 0 unspecified atom stereocenters. The van der Waals surface area contributed by atoms with Gasteiger partial charge in [0.05, 0.1) is 12.1 Å². The number of rotatable bonds is 12. The number of terminal acetylenes is 1. The van der Waals surface area contributed by atoms with E-state index in [1.54, 1.807) is 0 Å². The molecular weight excluding hydrogens is 544 g/mol. The van der Waals surface area contributed by atoms with E-state index in [1.165, 1.54) is 16.3 Å². The molecule has 4 rings (SSSR count). The Morgan fingerprint density at radius 3 is 2.55 bits per heavy atom. The molecule has 7 nitrogen and oxygen atoms in total. The minimum absolute atomic E-state index is 0.0276. The number of amides is 1. The van der Waals surface area contributed by atoms with Crippen LogP contribution < -0.4 is 17.2 Å². The second-order valence-electron chi connectivity index (χ2n) is 11.3. The van der Waals surface area contributed by atoms with Crippen molar-refractivity contribution in [1.29, 1.82) is 0 Å². The van der Waals surface area contributed by atoms with Gasteiger partial charge in [-0.2, -0.15) is 0 Å². The van der Waals surface area contributed by atoms with Crippen LogP contribution in [0.1, 0.15) is 42.4 Å². The Kier molecular flexibility index (Phi) is 11.2. The minimum atomic E-state index is -0.655. The number of carbonyl (C=O) groups excluding carboxylic acids is 1. The Morgan fingerprint density at radius 1 is 1.05 bits per heavy atom. The summed E-state index contributed by atoms with van der Waals surface area (Å²) in [4.78, 5) is 22.2. The zero-order valence-corrected chi connectivity index (χ0v) is 25.3. The quantitative estimate of drug-likeness (QED) is 0.127. The highest BCUT2D eigenvalue weighted by Gasteiger charge is 2.36. The molecule has 1 heterocycles. The second-order valence-corrected chi connectivity index (χ2v) is 11.7. The standard InChI is InChI=1S/C34H43ClN6O/c1-3-29-23-41(33(42)32(36)21-26-13-15-31(35)24(2)19-26)30(11-5-4-8-17-39-34(37)38)22-40(29)18-16-25-12-14-27-9-6-7-10-28(27)20-25/h1,6-7,9-10,12-15,19-20,29-30,32H,4-5,8,11,16-18,21-23,36H2,2H3,(H4,37,38,39)/t29-,30+,32-/m1/s1. The number of fused-ring (bicyclic) bond motifs is 1. The molecule has 0 aliphatic carbocycles. The van der Waals surface area contributed by atoms with Gasteiger partial charge in [0.15, 0.2) is 5.96 Å². The maximum atomic E-state index is 13.8. The number of hydrogen-bond donors (Lipinski definition) is 3. The Bertz CT molecular complexity index is 1430. The number of aliphatic imine (C=N–C) groups is 1. The highest BCUT2D eigenvalue weighted by atomic mass is 35.5. The third kappa shape index (κ3) is 8.48. The molecule has 8 heteroatoms. The lowest BCUT2D eigenvalue weighted by molar-refractivity contribution is -0.138. The van der Waals surface area contributed by atoms with Crippen molar-refractivity contribution < 1.29 is 4.79 Å². The first kappa shape index (κ1) is 31.4. The van der Waals surface area contributed by atoms with Crippen LogP contribution in [0.25, 0.3) is 10.8 Å². The topological polar surface area (TPSA) is 114 Å². The molecule has 0 bridgehead atoms. The van der Waals surface area contributed by atoms with Gasteiger partial charge in [0.25, 0.3) is 0 Å². The van der Waals surface area contributed by atoms with Gasteiger partial charge in [-0.25, -0.2) is 0 Å². The second kappa shape index (κ2) is 15.1. The number of aryl methyl sites for hydroxylation is 1. The molecule has 3 aromatic rings. The fourth-order valence-electron chi connectivity index (χ4n) is 5.80. The number of carbonyl (C=O) groups is 1. The van der Waals surface area contributed by atoms with Crippen molar-refractivity contribution in [2.24, 2.45) is 22.2 Å². The average molecular weight is 587 g/mol. The maximum absolute atomic E-state index is 13.8. The van der Waals surface area contributed by atoms with Gasteiger partial charge in [0, 0.05) is 37.2 Å². The Morgan fingerprint density at radius 2 is 1.81 bits per heavy atom. The van der Waals surface area contributed by atoms with Gasteiger partial charge in [-0.1, -0.05) is 85.0 Å². The minimum Gasteiger partial charge on any atom is -0.370 e. The lowest BCUT2D eigenvalue weighted by atomic mass is 9.97. The van der Waals surface area contributed by atoms with Crippen molar-refractivity contribution in [2.45, 2.75) is 63.6 Å². The van der Waals surface area contributed by atoms with Crippen LogP contribution in [0.4, 0.5) is 0 Å². The molecule has 6 N–H and O–H groups in total. The number of nitrogens with two attached hydrogens (primary N) is 3. The van der Waals surface area contributed by atoms with Gasteiger partial charge in [0.1, 0.15) is 0 Å². The van der Waals surface area contributed by atoms with Crippen molar-refractivity contribution >= 4 is 34.2 Å². The molecule has 1 aliphatic heterocycles. The molecule has 3 aromatic carbocycles. The van der Waals surface area contributed by atoms with Crippen molar-refractivity contribution in [3.8, 4) is 12.3 Å². The SMILES string of the molecule is C#C[C@@H]1CN(C(=O)[C@H](N)Cc2ccc(Cl)c(C)c2)[C@@H](CCCCCN=C(N)N)CN1CCc1ccc2ccccc2c1. The number of guanidine groups is 1. The molecule has 222 valence electrons. The number of nitrogens with zero attached hydrogens (tertiary/aromatic N) is 3. The lowest BCUT2D eigenvalue weighted by Gasteiger charge is -2.45. The summed E-state index contributed by atoms with van der Waals surface area (Å²) >= 11 is 6.20. The summed E-state index contributed by atoms with van der Waals surface area (Å²) in [7, 11) is 0. The van der Waals surface area contributed by atoms with Crippen LogP contribution in [0.3, 0.4) is 0 Å². The zero-order valence-electron chi connectivity index (χ0n) is 24.5. The first-order valence-corrected chi connectivity index (χ1v) is 15.2. The summed E-state index contributed by atoms with van der Waals surface area (Å²) in [6, 6.07) is 20.0. The van der Waals surface area contributed by atoms with E-state index in [0.29, 0.717) is 24.5 Å². The fourth-order valence-corrected chi connectivity index (χ4v) is 5.92. The van der Waals surface area contributed by atoms with Crippen LogP contribution in [0.15, 0.2) is 65.7 Å². The molecular formula is C34H43ClN6O. The number of piperazine rings is 1. The largest absolute Gasteiger partial charge is 0.370 e. The van der Waals surface area contributed by atoms with Gasteiger partial charge < -0.3 is 22.1 Å². The van der Waals surface area contributed by atoms with E-state index >= 15 is 0 Å². The predicted octanol–water partition coefficient (Wildman–Crippen LogP) is 4.26. The van der Waals surface area contributed by atoms with Crippen LogP contribution in [0.2, 0.25) is 5.02 Å². The van der Waals surface area contributed by atoms with E-state index in [1.807, 2.05) is 30.0 Å². The van der Waals surface area contributed by atoms with Gasteiger partial charge >= 0.3 is 0 Å². The third-order valence-electron chi connectivity index (χ3n) is 8.16. The van der Waals surface area contributed by atoms with E-state index in [4.69, 9.17) is 35.2 Å². The van der Waals surface area contributed by atoms with Crippen LogP contribution >= 0.6 is 11.6 Å². The number of unbranched alkanes of at least 4 members (excludes halogenated alkanes) is 2. The molecule has 3 atom stereocenters. The van der Waals surface area contributed by atoms with Crippen LogP contribution in [-0.2, 0) is 17.6 Å². The molecule has 1 aliphatic rings. The molecule has 1 fully saturated rings. The monoisotopic (exact) mass is 586 g/mol. The highest BCUT2D eigenvalue weighted by molar-refractivity contribution is 6.31. The number of hydrogen-bond acceptors (Lipinski definition) is 4. The maximum Gasteiger partial charge on any atom is 0.240 e. The van der Waals surface area contributed by atoms with Crippen molar-refractivity contribution in [2.75, 3.05) is 26.2 Å². The molecule has 0 radical (unpaired) electrons. The number of benzene rings is 3. The van der Waals surface area contributed by atoms with Crippen LogP contribution in [0.5, 0.6) is 0 Å². The van der Waals surface area contributed by atoms with Gasteiger partial charge in [0.2, 0.25) is 5.91 Å². The third-order valence-corrected chi connectivity index (χ3v) is 8.58. The molecule has 1 saturated heterocycles. The first-order valence-electron chi connectivity index (χ1n) is 14.8. The molecule has 42 heavy (non-hydrogen) atoms. The van der Waals surface area contributed by atoms with Gasteiger partial charge in [-0.15, -0.1) is 6.42 Å². The average Bonchev–Trinajstić information content (AvgIpc) is 2.98. The smallest absolute Gasteiger partial charge is 0.240 e. The molecule has 1 amide bonds.